The van der Waals surface area contributed by atoms with Crippen LogP contribution in [0.15, 0.2) is 36.7 Å². The predicted molar refractivity (Wildman–Crippen MR) is 80.6 cm³/mol. The molecular weight excluding hydrogens is 295 g/mol. The lowest BCUT2D eigenvalue weighted by Crippen LogP contribution is -2.15. The standard InChI is InChI=1S/C15H14Cl2N2O/c16-11-1-4-15(10(5-11)7-19-13-2-3-13)20-14-6-12(17)8-18-9-14/h1,4-6,8-9,13,19H,2-3,7H2. The summed E-state index contributed by atoms with van der Waals surface area (Å²) >= 11 is 12.0. The largest absolute Gasteiger partial charge is 0.455 e. The van der Waals surface area contributed by atoms with E-state index in [-0.39, 0.29) is 0 Å². The van der Waals surface area contributed by atoms with Crippen LogP contribution in [0, 0.1) is 0 Å². The number of benzene rings is 1. The van der Waals surface area contributed by atoms with Gasteiger partial charge in [0.15, 0.2) is 0 Å². The van der Waals surface area contributed by atoms with Crippen molar-refractivity contribution in [2.75, 3.05) is 0 Å². The molecule has 0 spiro atoms. The molecule has 1 heterocycles. The van der Waals surface area contributed by atoms with Crippen LogP contribution in [-0.4, -0.2) is 11.0 Å². The van der Waals surface area contributed by atoms with Crippen molar-refractivity contribution >= 4 is 23.2 Å². The zero-order valence-corrected chi connectivity index (χ0v) is 12.3. The Morgan fingerprint density at radius 1 is 1.15 bits per heavy atom. The van der Waals surface area contributed by atoms with E-state index in [1.807, 2.05) is 18.2 Å². The molecule has 3 nitrogen and oxygen atoms in total. The lowest BCUT2D eigenvalue weighted by Gasteiger charge is -2.12. The topological polar surface area (TPSA) is 34.1 Å². The molecule has 0 radical (unpaired) electrons. The highest BCUT2D eigenvalue weighted by atomic mass is 35.5. The number of pyridine rings is 1. The Bertz CT molecular complexity index is 615. The first-order valence-corrected chi connectivity index (χ1v) is 7.26. The lowest BCUT2D eigenvalue weighted by atomic mass is 10.2. The van der Waals surface area contributed by atoms with Gasteiger partial charge in [-0.25, -0.2) is 0 Å². The van der Waals surface area contributed by atoms with Crippen LogP contribution in [0.3, 0.4) is 0 Å². The minimum atomic E-state index is 0.550. The number of rotatable bonds is 5. The molecule has 2 aromatic rings. The Kier molecular flexibility index (Phi) is 4.10. The van der Waals surface area contributed by atoms with Crippen molar-refractivity contribution in [2.24, 2.45) is 0 Å². The summed E-state index contributed by atoms with van der Waals surface area (Å²) in [5.41, 5.74) is 1.03. The van der Waals surface area contributed by atoms with Crippen LogP contribution in [-0.2, 0) is 6.54 Å². The van der Waals surface area contributed by atoms with Crippen molar-refractivity contribution in [2.45, 2.75) is 25.4 Å². The Labute approximate surface area is 127 Å². The maximum absolute atomic E-state index is 6.06. The molecule has 5 heteroatoms. The molecule has 0 amide bonds. The first-order chi connectivity index (χ1) is 9.70. The molecule has 1 aliphatic carbocycles. The van der Waals surface area contributed by atoms with Crippen LogP contribution in [0.25, 0.3) is 0 Å². The maximum Gasteiger partial charge on any atom is 0.147 e. The second-order valence-electron chi connectivity index (χ2n) is 4.85. The van der Waals surface area contributed by atoms with Gasteiger partial charge in [0.1, 0.15) is 11.5 Å². The van der Waals surface area contributed by atoms with Crippen molar-refractivity contribution in [3.05, 3.63) is 52.3 Å². The van der Waals surface area contributed by atoms with E-state index in [1.54, 1.807) is 18.5 Å². The fourth-order valence-corrected chi connectivity index (χ4v) is 2.26. The van der Waals surface area contributed by atoms with E-state index in [9.17, 15) is 0 Å². The van der Waals surface area contributed by atoms with E-state index in [1.165, 1.54) is 12.8 Å². The smallest absolute Gasteiger partial charge is 0.147 e. The molecular formula is C15H14Cl2N2O. The monoisotopic (exact) mass is 308 g/mol. The Morgan fingerprint density at radius 2 is 2.00 bits per heavy atom. The highest BCUT2D eigenvalue weighted by Gasteiger charge is 2.20. The zero-order valence-electron chi connectivity index (χ0n) is 10.8. The normalized spacial score (nSPS) is 14.3. The number of hydrogen-bond donors (Lipinski definition) is 1. The Morgan fingerprint density at radius 3 is 2.75 bits per heavy atom. The number of nitrogens with one attached hydrogen (secondary N) is 1. The summed E-state index contributed by atoms with van der Waals surface area (Å²) in [4.78, 5) is 4.01. The second kappa shape index (κ2) is 6.00. The first-order valence-electron chi connectivity index (χ1n) is 6.51. The van der Waals surface area contributed by atoms with Gasteiger partial charge in [-0.3, -0.25) is 4.98 Å². The van der Waals surface area contributed by atoms with Gasteiger partial charge in [0.05, 0.1) is 11.2 Å². The molecule has 20 heavy (non-hydrogen) atoms. The molecule has 0 atom stereocenters. The zero-order chi connectivity index (χ0) is 13.9. The molecule has 1 saturated carbocycles. The van der Waals surface area contributed by atoms with Crippen LogP contribution < -0.4 is 10.1 Å². The Hall–Kier alpha value is -1.29. The maximum atomic E-state index is 6.06. The quantitative estimate of drug-likeness (QED) is 0.887. The fourth-order valence-electron chi connectivity index (χ4n) is 1.90. The van der Waals surface area contributed by atoms with Crippen molar-refractivity contribution < 1.29 is 4.74 Å². The third-order valence-corrected chi connectivity index (χ3v) is 3.53. The molecule has 104 valence electrons. The van der Waals surface area contributed by atoms with Crippen LogP contribution in [0.1, 0.15) is 18.4 Å². The summed E-state index contributed by atoms with van der Waals surface area (Å²) in [6.07, 6.45) is 5.70. The number of ether oxygens (including phenoxy) is 1. The molecule has 1 aromatic heterocycles. The highest BCUT2D eigenvalue weighted by Crippen LogP contribution is 2.29. The average Bonchev–Trinajstić information content (AvgIpc) is 3.23. The molecule has 3 rings (SSSR count). The molecule has 1 N–H and O–H groups in total. The third-order valence-electron chi connectivity index (χ3n) is 3.09. The van der Waals surface area contributed by atoms with Gasteiger partial charge in [0.2, 0.25) is 0 Å². The minimum Gasteiger partial charge on any atom is -0.455 e. The van der Waals surface area contributed by atoms with Gasteiger partial charge >= 0.3 is 0 Å². The summed E-state index contributed by atoms with van der Waals surface area (Å²) in [6, 6.07) is 7.98. The summed E-state index contributed by atoms with van der Waals surface area (Å²) < 4.78 is 5.85. The van der Waals surface area contributed by atoms with Gasteiger partial charge in [-0.15, -0.1) is 0 Å². The van der Waals surface area contributed by atoms with Gasteiger partial charge < -0.3 is 10.1 Å². The summed E-state index contributed by atoms with van der Waals surface area (Å²) in [7, 11) is 0. The lowest BCUT2D eigenvalue weighted by molar-refractivity contribution is 0.470. The van der Waals surface area contributed by atoms with Crippen LogP contribution in [0.4, 0.5) is 0 Å². The second-order valence-corrected chi connectivity index (χ2v) is 5.72. The number of hydrogen-bond acceptors (Lipinski definition) is 3. The predicted octanol–water partition coefficient (Wildman–Crippen LogP) is 4.43. The van der Waals surface area contributed by atoms with E-state index in [0.717, 1.165) is 17.9 Å². The van der Waals surface area contributed by atoms with Crippen molar-refractivity contribution in [3.63, 3.8) is 0 Å². The van der Waals surface area contributed by atoms with Gasteiger partial charge in [-0.1, -0.05) is 23.2 Å². The number of aromatic nitrogens is 1. The molecule has 0 saturated heterocycles. The van der Waals surface area contributed by atoms with Crippen LogP contribution >= 0.6 is 23.2 Å². The third kappa shape index (κ3) is 3.63. The molecule has 1 aromatic carbocycles. The molecule has 0 aliphatic heterocycles. The van der Waals surface area contributed by atoms with Crippen molar-refractivity contribution in [3.8, 4) is 11.5 Å². The van der Waals surface area contributed by atoms with Gasteiger partial charge in [0.25, 0.3) is 0 Å². The minimum absolute atomic E-state index is 0.550. The summed E-state index contributed by atoms with van der Waals surface area (Å²) in [6.45, 7) is 0.745. The van der Waals surface area contributed by atoms with E-state index < -0.39 is 0 Å². The highest BCUT2D eigenvalue weighted by molar-refractivity contribution is 6.30. The van der Waals surface area contributed by atoms with Gasteiger partial charge in [-0.05, 0) is 31.0 Å². The Balaban J connectivity index is 1.79. The molecule has 1 aliphatic rings. The van der Waals surface area contributed by atoms with Gasteiger partial charge in [-0.2, -0.15) is 0 Å². The molecule has 0 unspecified atom stereocenters. The van der Waals surface area contributed by atoms with Crippen molar-refractivity contribution in [1.82, 2.24) is 10.3 Å². The van der Waals surface area contributed by atoms with E-state index in [2.05, 4.69) is 10.3 Å². The summed E-state index contributed by atoms with van der Waals surface area (Å²) in [5.74, 6) is 1.39. The fraction of sp³-hybridized carbons (Fsp3) is 0.267. The average molecular weight is 309 g/mol. The van der Waals surface area contributed by atoms with Crippen LogP contribution in [0.2, 0.25) is 10.0 Å². The van der Waals surface area contributed by atoms with E-state index in [4.69, 9.17) is 27.9 Å². The SMILES string of the molecule is Clc1cncc(Oc2ccc(Cl)cc2CNC2CC2)c1. The first kappa shape index (κ1) is 13.7. The van der Waals surface area contributed by atoms with E-state index in [0.29, 0.717) is 21.8 Å². The number of halogens is 2. The molecule has 0 bridgehead atoms. The van der Waals surface area contributed by atoms with Gasteiger partial charge in [0, 0.05) is 35.4 Å². The van der Waals surface area contributed by atoms with E-state index >= 15 is 0 Å². The van der Waals surface area contributed by atoms with Crippen LogP contribution in [0.5, 0.6) is 11.5 Å². The number of nitrogens with zero attached hydrogens (tertiary/aromatic N) is 1. The summed E-state index contributed by atoms with van der Waals surface area (Å²) in [5, 5.41) is 4.71. The molecule has 1 fully saturated rings. The van der Waals surface area contributed by atoms with Crippen molar-refractivity contribution in [1.29, 1.82) is 0 Å².